The maximum Gasteiger partial charge on any atom is 0.0635 e. The second-order valence-electron chi connectivity index (χ2n) is 5.39. The van der Waals surface area contributed by atoms with E-state index in [0.717, 1.165) is 24.2 Å². The number of hydrogen-bond donors (Lipinski definition) is 2. The number of aryl methyl sites for hydroxylation is 2. The van der Waals surface area contributed by atoms with Crippen LogP contribution in [0.3, 0.4) is 0 Å². The Morgan fingerprint density at radius 3 is 2.89 bits per heavy atom. The van der Waals surface area contributed by atoms with E-state index in [4.69, 9.17) is 5.84 Å². The minimum absolute atomic E-state index is 0.157. The van der Waals surface area contributed by atoms with Crippen molar-refractivity contribution in [2.45, 2.75) is 31.7 Å². The number of fused-ring (bicyclic) bond motifs is 1. The van der Waals surface area contributed by atoms with E-state index in [-0.39, 0.29) is 6.04 Å². The van der Waals surface area contributed by atoms with E-state index < -0.39 is 0 Å². The summed E-state index contributed by atoms with van der Waals surface area (Å²) in [6.07, 6.45) is 2.18. The van der Waals surface area contributed by atoms with Crippen molar-refractivity contribution in [3.05, 3.63) is 52.8 Å². The predicted octanol–water partition coefficient (Wildman–Crippen LogP) is 1.96. The van der Waals surface area contributed by atoms with Crippen LogP contribution in [0.15, 0.2) is 30.3 Å². The molecule has 4 heteroatoms. The summed E-state index contributed by atoms with van der Waals surface area (Å²) in [4.78, 5) is 0. The number of nitrogens with zero attached hydrogens (tertiary/aromatic N) is 2. The fraction of sp³-hybridized carbons (Fsp3) is 0.400. The van der Waals surface area contributed by atoms with E-state index in [1.807, 2.05) is 18.7 Å². The molecule has 0 spiro atoms. The average molecular weight is 256 g/mol. The van der Waals surface area contributed by atoms with Gasteiger partial charge in [-0.15, -0.1) is 0 Å². The number of benzene rings is 1. The second-order valence-corrected chi connectivity index (χ2v) is 5.39. The monoisotopic (exact) mass is 256 g/mol. The molecule has 19 heavy (non-hydrogen) atoms. The lowest BCUT2D eigenvalue weighted by molar-refractivity contribution is 0.416. The molecule has 1 aromatic carbocycles. The predicted molar refractivity (Wildman–Crippen MR) is 75.5 cm³/mol. The van der Waals surface area contributed by atoms with Crippen molar-refractivity contribution in [3.8, 4) is 0 Å². The van der Waals surface area contributed by atoms with Gasteiger partial charge in [0, 0.05) is 7.05 Å². The van der Waals surface area contributed by atoms with Crippen molar-refractivity contribution in [1.82, 2.24) is 15.2 Å². The molecule has 4 nitrogen and oxygen atoms in total. The summed E-state index contributed by atoms with van der Waals surface area (Å²) < 4.78 is 1.92. The number of hydrazine groups is 1. The molecule has 3 N–H and O–H groups in total. The highest BCUT2D eigenvalue weighted by Gasteiger charge is 2.29. The first-order valence-electron chi connectivity index (χ1n) is 6.73. The molecular weight excluding hydrogens is 236 g/mol. The number of nitrogens with one attached hydrogen (secondary N) is 1. The number of hydrogen-bond acceptors (Lipinski definition) is 3. The Balaban J connectivity index is 1.77. The van der Waals surface area contributed by atoms with E-state index in [0.29, 0.717) is 5.92 Å². The molecule has 2 atom stereocenters. The van der Waals surface area contributed by atoms with Crippen molar-refractivity contribution >= 4 is 0 Å². The van der Waals surface area contributed by atoms with Crippen LogP contribution in [0.1, 0.15) is 40.9 Å². The highest BCUT2D eigenvalue weighted by Crippen LogP contribution is 2.40. The van der Waals surface area contributed by atoms with Crippen LogP contribution in [0.25, 0.3) is 0 Å². The van der Waals surface area contributed by atoms with Crippen LogP contribution in [-0.2, 0) is 13.5 Å². The third-order valence-electron chi connectivity index (χ3n) is 4.08. The smallest absolute Gasteiger partial charge is 0.0635 e. The van der Waals surface area contributed by atoms with Crippen LogP contribution in [0.5, 0.6) is 0 Å². The van der Waals surface area contributed by atoms with Gasteiger partial charge in [0.1, 0.15) is 0 Å². The molecule has 3 rings (SSSR count). The van der Waals surface area contributed by atoms with Gasteiger partial charge in [0.05, 0.1) is 17.4 Å². The third-order valence-corrected chi connectivity index (χ3v) is 4.08. The van der Waals surface area contributed by atoms with Gasteiger partial charge in [0.25, 0.3) is 0 Å². The molecule has 100 valence electrons. The number of nitrogens with two attached hydrogens (primary N) is 1. The van der Waals surface area contributed by atoms with Gasteiger partial charge in [-0.25, -0.2) is 0 Å². The minimum Gasteiger partial charge on any atom is -0.271 e. The lowest BCUT2D eigenvalue weighted by Crippen LogP contribution is -2.32. The zero-order valence-electron chi connectivity index (χ0n) is 11.4. The van der Waals surface area contributed by atoms with Gasteiger partial charge >= 0.3 is 0 Å². The number of aromatic nitrogens is 2. The first-order chi connectivity index (χ1) is 9.19. The first-order valence-corrected chi connectivity index (χ1v) is 6.73. The van der Waals surface area contributed by atoms with Crippen LogP contribution in [-0.4, -0.2) is 9.78 Å². The summed E-state index contributed by atoms with van der Waals surface area (Å²) in [7, 11) is 1.97. The highest BCUT2D eigenvalue weighted by molar-refractivity contribution is 5.40. The molecule has 1 heterocycles. The largest absolute Gasteiger partial charge is 0.271 e. The summed E-state index contributed by atoms with van der Waals surface area (Å²) in [5.41, 5.74) is 8.08. The van der Waals surface area contributed by atoms with Crippen LogP contribution >= 0.6 is 0 Å². The Morgan fingerprint density at radius 1 is 1.47 bits per heavy atom. The normalized spacial score (nSPS) is 18.8. The standard InChI is InChI=1S/C15H20N4/c1-10-7-15(19(2)18-10)14(17-16)9-12-8-11-5-3-4-6-13(11)12/h3-7,12,14,17H,8-9,16H2,1-2H3. The Morgan fingerprint density at radius 2 is 2.26 bits per heavy atom. The van der Waals surface area contributed by atoms with E-state index >= 15 is 0 Å². The summed E-state index contributed by atoms with van der Waals surface area (Å²) in [5.74, 6) is 6.34. The summed E-state index contributed by atoms with van der Waals surface area (Å²) >= 11 is 0. The van der Waals surface area contributed by atoms with Gasteiger partial charge in [-0.3, -0.25) is 16.0 Å². The van der Waals surface area contributed by atoms with Crippen molar-refractivity contribution in [2.24, 2.45) is 12.9 Å². The SMILES string of the molecule is Cc1cc(C(CC2Cc3ccccc32)NN)n(C)n1. The fourth-order valence-electron chi connectivity index (χ4n) is 3.09. The van der Waals surface area contributed by atoms with E-state index in [1.165, 1.54) is 11.1 Å². The molecule has 0 bridgehead atoms. The number of rotatable bonds is 4. The molecule has 0 saturated heterocycles. The maximum atomic E-state index is 5.74. The molecule has 0 radical (unpaired) electrons. The first kappa shape index (κ1) is 12.4. The zero-order chi connectivity index (χ0) is 13.4. The minimum atomic E-state index is 0.157. The fourth-order valence-corrected chi connectivity index (χ4v) is 3.09. The highest BCUT2D eigenvalue weighted by atomic mass is 15.3. The quantitative estimate of drug-likeness (QED) is 0.649. The van der Waals surface area contributed by atoms with Crippen molar-refractivity contribution in [2.75, 3.05) is 0 Å². The van der Waals surface area contributed by atoms with Gasteiger partial charge < -0.3 is 0 Å². The summed E-state index contributed by atoms with van der Waals surface area (Å²) in [5, 5.41) is 4.40. The molecule has 2 unspecified atom stereocenters. The lowest BCUT2D eigenvalue weighted by atomic mass is 9.74. The molecule has 0 aliphatic heterocycles. The molecule has 2 aromatic rings. The topological polar surface area (TPSA) is 55.9 Å². The summed E-state index contributed by atoms with van der Waals surface area (Å²) in [6, 6.07) is 10.9. The molecule has 1 aliphatic rings. The van der Waals surface area contributed by atoms with Crippen LogP contribution in [0.4, 0.5) is 0 Å². The second kappa shape index (κ2) is 4.79. The Hall–Kier alpha value is -1.65. The molecule has 0 fully saturated rings. The van der Waals surface area contributed by atoms with Gasteiger partial charge in [0.2, 0.25) is 0 Å². The van der Waals surface area contributed by atoms with Crippen LogP contribution in [0.2, 0.25) is 0 Å². The van der Waals surface area contributed by atoms with Gasteiger partial charge in [0.15, 0.2) is 0 Å². The third kappa shape index (κ3) is 2.17. The molecule has 1 aliphatic carbocycles. The van der Waals surface area contributed by atoms with Crippen LogP contribution < -0.4 is 11.3 Å². The van der Waals surface area contributed by atoms with Crippen molar-refractivity contribution in [3.63, 3.8) is 0 Å². The molecule has 0 amide bonds. The molecular formula is C15H20N4. The lowest BCUT2D eigenvalue weighted by Gasteiger charge is -2.32. The Bertz CT molecular complexity index is 588. The zero-order valence-corrected chi connectivity index (χ0v) is 11.4. The van der Waals surface area contributed by atoms with Crippen LogP contribution in [0, 0.1) is 6.92 Å². The van der Waals surface area contributed by atoms with Gasteiger partial charge in [-0.1, -0.05) is 24.3 Å². The van der Waals surface area contributed by atoms with Crippen molar-refractivity contribution < 1.29 is 0 Å². The van der Waals surface area contributed by atoms with Gasteiger partial charge in [-0.2, -0.15) is 5.10 Å². The molecule has 0 saturated carbocycles. The molecule has 1 aromatic heterocycles. The maximum absolute atomic E-state index is 5.74. The van der Waals surface area contributed by atoms with E-state index in [1.54, 1.807) is 0 Å². The van der Waals surface area contributed by atoms with Crippen molar-refractivity contribution in [1.29, 1.82) is 0 Å². The Labute approximate surface area is 113 Å². The van der Waals surface area contributed by atoms with E-state index in [2.05, 4.69) is 40.9 Å². The summed E-state index contributed by atoms with van der Waals surface area (Å²) in [6.45, 7) is 2.01. The van der Waals surface area contributed by atoms with E-state index in [9.17, 15) is 0 Å². The van der Waals surface area contributed by atoms with Gasteiger partial charge in [-0.05, 0) is 42.9 Å². The Kier molecular flexibility index (Phi) is 3.12. The average Bonchev–Trinajstić information content (AvgIpc) is 2.70.